The van der Waals surface area contributed by atoms with Gasteiger partial charge in [0.25, 0.3) is 5.56 Å². The number of H-pyrrole nitrogens is 1. The van der Waals surface area contributed by atoms with Crippen LogP contribution in [0.3, 0.4) is 0 Å². The number of aromatic nitrogens is 2. The van der Waals surface area contributed by atoms with Crippen LogP contribution in [0, 0.1) is 10.7 Å². The van der Waals surface area contributed by atoms with Gasteiger partial charge in [-0.1, -0.05) is 6.92 Å². The summed E-state index contributed by atoms with van der Waals surface area (Å²) >= 11 is 8.55. The highest BCUT2D eigenvalue weighted by Crippen LogP contribution is 2.15. The van der Waals surface area contributed by atoms with E-state index in [-0.39, 0.29) is 5.56 Å². The van der Waals surface area contributed by atoms with Crippen molar-refractivity contribution in [3.8, 4) is 0 Å². The summed E-state index contributed by atoms with van der Waals surface area (Å²) in [6.07, 6.45) is 2.07. The third-order valence-corrected chi connectivity index (χ3v) is 4.61. The van der Waals surface area contributed by atoms with Gasteiger partial charge >= 0.3 is 0 Å². The molecule has 0 radical (unpaired) electrons. The SMILES string of the molecule is CSCC(C)Cn1c(=S)[nH]c2sccc2c1=O. The molecule has 1 atom stereocenters. The van der Waals surface area contributed by atoms with Gasteiger partial charge in [-0.25, -0.2) is 0 Å². The molecule has 0 saturated heterocycles. The first-order chi connectivity index (χ1) is 8.13. The average molecular weight is 286 g/mol. The minimum atomic E-state index is 0.0259. The standard InChI is InChI=1S/C11H14N2OS3/c1-7(6-16-2)5-13-10(14)8-3-4-17-9(8)12-11(13)15/h3-4,7H,5-6H2,1-2H3,(H,12,15). The van der Waals surface area contributed by atoms with E-state index in [1.807, 2.05) is 11.4 Å². The smallest absolute Gasteiger partial charge is 0.263 e. The molecule has 3 nitrogen and oxygen atoms in total. The van der Waals surface area contributed by atoms with Crippen molar-refractivity contribution in [1.82, 2.24) is 9.55 Å². The summed E-state index contributed by atoms with van der Waals surface area (Å²) in [5.74, 6) is 1.47. The highest BCUT2D eigenvalue weighted by Gasteiger charge is 2.09. The number of aromatic amines is 1. The lowest BCUT2D eigenvalue weighted by Crippen LogP contribution is -2.25. The number of rotatable bonds is 4. The highest BCUT2D eigenvalue weighted by atomic mass is 32.2. The molecule has 17 heavy (non-hydrogen) atoms. The van der Waals surface area contributed by atoms with Crippen molar-refractivity contribution in [2.24, 2.45) is 5.92 Å². The quantitative estimate of drug-likeness (QED) is 0.878. The Morgan fingerprint density at radius 1 is 1.65 bits per heavy atom. The molecule has 0 aliphatic heterocycles. The van der Waals surface area contributed by atoms with Crippen molar-refractivity contribution < 1.29 is 0 Å². The van der Waals surface area contributed by atoms with Crippen molar-refractivity contribution >= 4 is 45.5 Å². The Bertz CT molecular complexity index is 625. The fraction of sp³-hybridized carbons (Fsp3) is 0.455. The Labute approximate surface area is 113 Å². The number of fused-ring (bicyclic) bond motifs is 1. The zero-order valence-corrected chi connectivity index (χ0v) is 12.2. The monoisotopic (exact) mass is 286 g/mol. The molecule has 0 saturated carbocycles. The molecule has 1 unspecified atom stereocenters. The predicted octanol–water partition coefficient (Wildman–Crippen LogP) is 3.12. The molecule has 0 amide bonds. The van der Waals surface area contributed by atoms with Gasteiger partial charge in [-0.15, -0.1) is 11.3 Å². The van der Waals surface area contributed by atoms with Crippen molar-refractivity contribution in [3.05, 3.63) is 26.6 Å². The molecule has 2 aromatic rings. The van der Waals surface area contributed by atoms with Gasteiger partial charge in [0.15, 0.2) is 4.77 Å². The van der Waals surface area contributed by atoms with Crippen LogP contribution in [-0.2, 0) is 6.54 Å². The van der Waals surface area contributed by atoms with E-state index < -0.39 is 0 Å². The summed E-state index contributed by atoms with van der Waals surface area (Å²) < 4.78 is 2.20. The molecule has 0 spiro atoms. The molecular weight excluding hydrogens is 272 g/mol. The number of thiophene rings is 1. The number of hydrogen-bond acceptors (Lipinski definition) is 4. The number of thioether (sulfide) groups is 1. The van der Waals surface area contributed by atoms with E-state index in [1.165, 1.54) is 11.3 Å². The number of nitrogens with one attached hydrogen (secondary N) is 1. The topological polar surface area (TPSA) is 37.8 Å². The van der Waals surface area contributed by atoms with E-state index in [9.17, 15) is 4.79 Å². The summed E-state index contributed by atoms with van der Waals surface area (Å²) in [4.78, 5) is 16.2. The Balaban J connectivity index is 2.46. The molecule has 2 aromatic heterocycles. The number of hydrogen-bond donors (Lipinski definition) is 1. The van der Waals surface area contributed by atoms with Gasteiger partial charge < -0.3 is 4.98 Å². The molecule has 0 fully saturated rings. The number of nitrogens with zero attached hydrogens (tertiary/aromatic N) is 1. The van der Waals surface area contributed by atoms with E-state index in [0.717, 1.165) is 16.0 Å². The zero-order chi connectivity index (χ0) is 12.4. The van der Waals surface area contributed by atoms with E-state index >= 15 is 0 Å². The summed E-state index contributed by atoms with van der Waals surface area (Å²) in [5.41, 5.74) is 0.0259. The molecule has 2 heterocycles. The molecule has 92 valence electrons. The van der Waals surface area contributed by atoms with E-state index in [4.69, 9.17) is 12.2 Å². The first-order valence-corrected chi connectivity index (χ1v) is 8.01. The van der Waals surface area contributed by atoms with E-state index in [1.54, 1.807) is 16.3 Å². The van der Waals surface area contributed by atoms with Gasteiger partial charge in [0.1, 0.15) is 4.83 Å². The fourth-order valence-corrected chi connectivity index (χ4v) is 3.57. The average Bonchev–Trinajstić information content (AvgIpc) is 2.72. The summed E-state index contributed by atoms with van der Waals surface area (Å²) in [6, 6.07) is 1.85. The van der Waals surface area contributed by atoms with Crippen LogP contribution in [-0.4, -0.2) is 21.6 Å². The summed E-state index contributed by atoms with van der Waals surface area (Å²) in [7, 11) is 0. The molecule has 0 aliphatic carbocycles. The first-order valence-electron chi connectivity index (χ1n) is 5.32. The highest BCUT2D eigenvalue weighted by molar-refractivity contribution is 7.98. The van der Waals surface area contributed by atoms with Gasteiger partial charge in [0.2, 0.25) is 0 Å². The molecular formula is C11H14N2OS3. The third-order valence-electron chi connectivity index (χ3n) is 2.55. The first kappa shape index (κ1) is 12.9. The molecule has 0 aromatic carbocycles. The van der Waals surface area contributed by atoms with Crippen LogP contribution < -0.4 is 5.56 Å². The molecule has 1 N–H and O–H groups in total. The van der Waals surface area contributed by atoms with E-state index in [0.29, 0.717) is 17.2 Å². The van der Waals surface area contributed by atoms with Crippen LogP contribution in [0.15, 0.2) is 16.2 Å². The van der Waals surface area contributed by atoms with Gasteiger partial charge in [-0.3, -0.25) is 9.36 Å². The van der Waals surface area contributed by atoms with Gasteiger partial charge in [-0.2, -0.15) is 11.8 Å². The van der Waals surface area contributed by atoms with Crippen LogP contribution in [0.4, 0.5) is 0 Å². The minimum absolute atomic E-state index is 0.0259. The Morgan fingerprint density at radius 3 is 3.12 bits per heavy atom. The van der Waals surface area contributed by atoms with E-state index in [2.05, 4.69) is 18.2 Å². The second kappa shape index (κ2) is 5.37. The van der Waals surface area contributed by atoms with Crippen molar-refractivity contribution in [2.75, 3.05) is 12.0 Å². The third kappa shape index (κ3) is 2.64. The normalized spacial score (nSPS) is 13.1. The predicted molar refractivity (Wildman–Crippen MR) is 78.8 cm³/mol. The maximum Gasteiger partial charge on any atom is 0.263 e. The van der Waals surface area contributed by atoms with Crippen LogP contribution >= 0.6 is 35.3 Å². The van der Waals surface area contributed by atoms with Crippen molar-refractivity contribution in [2.45, 2.75) is 13.5 Å². The van der Waals surface area contributed by atoms with Crippen molar-refractivity contribution in [3.63, 3.8) is 0 Å². The lowest BCUT2D eigenvalue weighted by atomic mass is 10.2. The maximum absolute atomic E-state index is 12.2. The molecule has 6 heteroatoms. The lowest BCUT2D eigenvalue weighted by molar-refractivity contribution is 0.511. The Hall–Kier alpha value is -0.590. The second-order valence-corrected chi connectivity index (χ2v) is 6.28. The molecule has 0 bridgehead atoms. The van der Waals surface area contributed by atoms with Crippen LogP contribution in [0.5, 0.6) is 0 Å². The van der Waals surface area contributed by atoms with Crippen LogP contribution in [0.1, 0.15) is 6.92 Å². The largest absolute Gasteiger partial charge is 0.323 e. The zero-order valence-electron chi connectivity index (χ0n) is 9.73. The Kier molecular flexibility index (Phi) is 4.06. The molecule has 2 rings (SSSR count). The van der Waals surface area contributed by atoms with Crippen LogP contribution in [0.2, 0.25) is 0 Å². The van der Waals surface area contributed by atoms with Crippen LogP contribution in [0.25, 0.3) is 10.2 Å². The van der Waals surface area contributed by atoms with Gasteiger partial charge in [0.05, 0.1) is 5.39 Å². The minimum Gasteiger partial charge on any atom is -0.323 e. The Morgan fingerprint density at radius 2 is 2.41 bits per heavy atom. The fourth-order valence-electron chi connectivity index (χ4n) is 1.79. The summed E-state index contributed by atoms with van der Waals surface area (Å²) in [5, 5.41) is 2.65. The molecule has 0 aliphatic rings. The van der Waals surface area contributed by atoms with Crippen molar-refractivity contribution in [1.29, 1.82) is 0 Å². The second-order valence-electron chi connectivity index (χ2n) is 4.07. The van der Waals surface area contributed by atoms with Gasteiger partial charge in [0, 0.05) is 6.54 Å². The lowest BCUT2D eigenvalue weighted by Gasteiger charge is -2.12. The maximum atomic E-state index is 12.2. The van der Waals surface area contributed by atoms with Gasteiger partial charge in [-0.05, 0) is 41.6 Å². The summed E-state index contributed by atoms with van der Waals surface area (Å²) in [6.45, 7) is 2.82.